The molecule has 0 aliphatic rings. The van der Waals surface area contributed by atoms with Crippen molar-refractivity contribution in [3.8, 4) is 0 Å². The van der Waals surface area contributed by atoms with Crippen molar-refractivity contribution in [3.05, 3.63) is 18.0 Å². The zero-order chi connectivity index (χ0) is 11.5. The lowest BCUT2D eigenvalue weighted by Crippen LogP contribution is -2.30. The Morgan fingerprint density at radius 2 is 1.80 bits per heavy atom. The third-order valence-electron chi connectivity index (χ3n) is 1.98. The number of nitrogens with zero attached hydrogens (tertiary/aromatic N) is 3. The number of hydrogen-bond acceptors (Lipinski definition) is 4. The molecule has 1 aromatic rings. The van der Waals surface area contributed by atoms with Gasteiger partial charge >= 0.3 is 0 Å². The minimum absolute atomic E-state index is 0.241. The van der Waals surface area contributed by atoms with E-state index in [1.54, 1.807) is 12.4 Å². The molecule has 0 amide bonds. The fourth-order valence-electron chi connectivity index (χ4n) is 1.43. The van der Waals surface area contributed by atoms with Gasteiger partial charge in [0.25, 0.3) is 0 Å². The summed E-state index contributed by atoms with van der Waals surface area (Å²) in [5.41, 5.74) is 6.69. The molecular formula is C11H20N4. The molecule has 0 unspecified atom stereocenters. The van der Waals surface area contributed by atoms with Gasteiger partial charge in [0.1, 0.15) is 0 Å². The van der Waals surface area contributed by atoms with Gasteiger partial charge < -0.3 is 10.6 Å². The fourth-order valence-corrected chi connectivity index (χ4v) is 1.43. The number of rotatable bonds is 3. The van der Waals surface area contributed by atoms with Gasteiger partial charge in [0.2, 0.25) is 5.95 Å². The summed E-state index contributed by atoms with van der Waals surface area (Å²) in [6.07, 6.45) is 3.56. The first-order valence-corrected chi connectivity index (χ1v) is 5.14. The third kappa shape index (κ3) is 3.83. The molecule has 1 heterocycles. The lowest BCUT2D eigenvalue weighted by molar-refractivity contribution is 0.416. The van der Waals surface area contributed by atoms with E-state index in [4.69, 9.17) is 5.73 Å². The Hall–Kier alpha value is -1.16. The second kappa shape index (κ2) is 4.57. The summed E-state index contributed by atoms with van der Waals surface area (Å²) in [6, 6.07) is 0. The highest BCUT2D eigenvalue weighted by Crippen LogP contribution is 2.16. The zero-order valence-electron chi connectivity index (χ0n) is 9.99. The van der Waals surface area contributed by atoms with Gasteiger partial charge in [-0.1, -0.05) is 20.8 Å². The first-order chi connectivity index (χ1) is 6.92. The van der Waals surface area contributed by atoms with Crippen LogP contribution >= 0.6 is 0 Å². The summed E-state index contributed by atoms with van der Waals surface area (Å²) in [6.45, 7) is 7.99. The minimum atomic E-state index is 0.241. The van der Waals surface area contributed by atoms with E-state index >= 15 is 0 Å². The summed E-state index contributed by atoms with van der Waals surface area (Å²) < 4.78 is 0. The van der Waals surface area contributed by atoms with Crippen molar-refractivity contribution in [1.29, 1.82) is 0 Å². The van der Waals surface area contributed by atoms with Crippen LogP contribution in [0.25, 0.3) is 0 Å². The number of anilines is 1. The monoisotopic (exact) mass is 208 g/mol. The minimum Gasteiger partial charge on any atom is -0.343 e. The summed E-state index contributed by atoms with van der Waals surface area (Å²) >= 11 is 0. The van der Waals surface area contributed by atoms with Crippen LogP contribution in [0.3, 0.4) is 0 Å². The van der Waals surface area contributed by atoms with E-state index in [0.717, 1.165) is 18.1 Å². The molecule has 1 rings (SSSR count). The topological polar surface area (TPSA) is 55.0 Å². The van der Waals surface area contributed by atoms with Crippen LogP contribution < -0.4 is 10.6 Å². The van der Waals surface area contributed by atoms with Crippen LogP contribution in [0.4, 0.5) is 5.95 Å². The Morgan fingerprint density at radius 1 is 1.27 bits per heavy atom. The molecule has 0 saturated heterocycles. The Kier molecular flexibility index (Phi) is 3.63. The second-order valence-electron chi connectivity index (χ2n) is 5.01. The van der Waals surface area contributed by atoms with Crippen molar-refractivity contribution in [2.45, 2.75) is 27.3 Å². The van der Waals surface area contributed by atoms with Crippen LogP contribution in [-0.4, -0.2) is 23.6 Å². The summed E-state index contributed by atoms with van der Waals surface area (Å²) in [7, 11) is 2.00. The van der Waals surface area contributed by atoms with E-state index in [1.165, 1.54) is 0 Å². The summed E-state index contributed by atoms with van der Waals surface area (Å²) in [5, 5.41) is 0. The molecule has 1 aromatic heterocycles. The molecule has 0 spiro atoms. The first-order valence-electron chi connectivity index (χ1n) is 5.14. The van der Waals surface area contributed by atoms with Gasteiger partial charge in [-0.25, -0.2) is 9.97 Å². The van der Waals surface area contributed by atoms with E-state index in [0.29, 0.717) is 6.54 Å². The molecular weight excluding hydrogens is 188 g/mol. The van der Waals surface area contributed by atoms with Crippen molar-refractivity contribution in [1.82, 2.24) is 9.97 Å². The van der Waals surface area contributed by atoms with Crippen molar-refractivity contribution < 1.29 is 0 Å². The van der Waals surface area contributed by atoms with Crippen LogP contribution in [0.2, 0.25) is 0 Å². The van der Waals surface area contributed by atoms with E-state index < -0.39 is 0 Å². The maximum Gasteiger partial charge on any atom is 0.225 e. The summed E-state index contributed by atoms with van der Waals surface area (Å²) in [5.74, 6) is 0.752. The van der Waals surface area contributed by atoms with Crippen LogP contribution in [0, 0.1) is 5.41 Å². The van der Waals surface area contributed by atoms with Crippen LogP contribution in [-0.2, 0) is 6.54 Å². The largest absolute Gasteiger partial charge is 0.343 e. The van der Waals surface area contributed by atoms with Crippen LogP contribution in [0.1, 0.15) is 26.3 Å². The zero-order valence-corrected chi connectivity index (χ0v) is 9.99. The smallest absolute Gasteiger partial charge is 0.225 e. The second-order valence-corrected chi connectivity index (χ2v) is 5.01. The fraction of sp³-hybridized carbons (Fsp3) is 0.636. The molecule has 0 saturated carbocycles. The Labute approximate surface area is 91.5 Å². The summed E-state index contributed by atoms with van der Waals surface area (Å²) in [4.78, 5) is 10.6. The Balaban J connectivity index is 2.70. The van der Waals surface area contributed by atoms with Crippen molar-refractivity contribution >= 4 is 5.95 Å². The molecule has 0 aliphatic carbocycles. The lowest BCUT2D eigenvalue weighted by Gasteiger charge is -2.26. The molecule has 2 N–H and O–H groups in total. The van der Waals surface area contributed by atoms with Gasteiger partial charge in [-0.15, -0.1) is 0 Å². The average molecular weight is 208 g/mol. The predicted octanol–water partition coefficient (Wildman–Crippen LogP) is 1.42. The van der Waals surface area contributed by atoms with Gasteiger partial charge in [0.05, 0.1) is 0 Å². The number of nitrogens with two attached hydrogens (primary N) is 1. The van der Waals surface area contributed by atoms with E-state index in [-0.39, 0.29) is 5.41 Å². The van der Waals surface area contributed by atoms with Gasteiger partial charge in [0, 0.05) is 38.1 Å². The van der Waals surface area contributed by atoms with Gasteiger partial charge in [-0.3, -0.25) is 0 Å². The molecule has 0 aliphatic heterocycles. The van der Waals surface area contributed by atoms with E-state index in [2.05, 4.69) is 35.6 Å². The highest BCUT2D eigenvalue weighted by molar-refractivity contribution is 5.28. The molecule has 4 nitrogen and oxygen atoms in total. The molecule has 0 atom stereocenters. The van der Waals surface area contributed by atoms with Crippen molar-refractivity contribution in [2.24, 2.45) is 11.1 Å². The highest BCUT2D eigenvalue weighted by Gasteiger charge is 2.15. The number of aromatic nitrogens is 2. The Morgan fingerprint density at radius 3 is 2.20 bits per heavy atom. The quantitative estimate of drug-likeness (QED) is 0.816. The predicted molar refractivity (Wildman–Crippen MR) is 62.6 cm³/mol. The van der Waals surface area contributed by atoms with E-state index in [9.17, 15) is 0 Å². The SMILES string of the molecule is CN(CC(C)(C)C)c1ncc(CN)cn1. The van der Waals surface area contributed by atoms with Crippen molar-refractivity contribution in [3.63, 3.8) is 0 Å². The lowest BCUT2D eigenvalue weighted by atomic mass is 9.96. The molecule has 15 heavy (non-hydrogen) atoms. The van der Waals surface area contributed by atoms with E-state index in [1.807, 2.05) is 7.05 Å². The number of hydrogen-bond donors (Lipinski definition) is 1. The Bertz CT molecular complexity index is 299. The van der Waals surface area contributed by atoms with Crippen molar-refractivity contribution in [2.75, 3.05) is 18.5 Å². The standard InChI is InChI=1S/C11H20N4/c1-11(2,3)8-15(4)10-13-6-9(5-12)7-14-10/h6-7H,5,8,12H2,1-4H3. The van der Waals surface area contributed by atoms with Gasteiger partial charge in [0.15, 0.2) is 0 Å². The third-order valence-corrected chi connectivity index (χ3v) is 1.98. The molecule has 0 fully saturated rings. The maximum absolute atomic E-state index is 5.48. The molecule has 0 aromatic carbocycles. The highest BCUT2D eigenvalue weighted by atomic mass is 15.2. The molecule has 0 radical (unpaired) electrons. The molecule has 4 heteroatoms. The average Bonchev–Trinajstić information content (AvgIpc) is 2.15. The van der Waals surface area contributed by atoms with Gasteiger partial charge in [-0.2, -0.15) is 0 Å². The first kappa shape index (κ1) is 11.9. The molecule has 84 valence electrons. The van der Waals surface area contributed by atoms with Gasteiger partial charge in [-0.05, 0) is 5.41 Å². The molecule has 0 bridgehead atoms. The normalized spacial score (nSPS) is 11.5. The maximum atomic E-state index is 5.48. The van der Waals surface area contributed by atoms with Crippen LogP contribution in [0.5, 0.6) is 0 Å². The van der Waals surface area contributed by atoms with Crippen LogP contribution in [0.15, 0.2) is 12.4 Å².